The lowest BCUT2D eigenvalue weighted by molar-refractivity contribution is -0.176. The molecule has 4 nitrogen and oxygen atoms in total. The third kappa shape index (κ3) is 4.55. The molecular formula is C19H25NO3. The second-order valence-electron chi connectivity index (χ2n) is 6.04. The normalized spacial score (nSPS) is 14.0. The van der Waals surface area contributed by atoms with Gasteiger partial charge in [-0.05, 0) is 29.2 Å². The van der Waals surface area contributed by atoms with E-state index in [-0.39, 0.29) is 5.92 Å². The summed E-state index contributed by atoms with van der Waals surface area (Å²) in [4.78, 5) is 0. The van der Waals surface area contributed by atoms with E-state index in [9.17, 15) is 10.3 Å². The van der Waals surface area contributed by atoms with Crippen LogP contribution in [0.1, 0.15) is 31.1 Å². The van der Waals surface area contributed by atoms with Crippen LogP contribution in [0.25, 0.3) is 0 Å². The smallest absolute Gasteiger partial charge is 0.118 e. The van der Waals surface area contributed by atoms with Crippen LogP contribution in [-0.2, 0) is 6.54 Å². The molecule has 0 spiro atoms. The van der Waals surface area contributed by atoms with Gasteiger partial charge in [0.15, 0.2) is 0 Å². The first-order valence-corrected chi connectivity index (χ1v) is 7.84. The number of methoxy groups -OCH3 is 1. The van der Waals surface area contributed by atoms with Crippen LogP contribution in [0.3, 0.4) is 0 Å². The topological polar surface area (TPSA) is 52.9 Å². The van der Waals surface area contributed by atoms with E-state index in [1.165, 1.54) is 5.06 Å². The summed E-state index contributed by atoms with van der Waals surface area (Å²) in [5.74, 6) is 0.827. The van der Waals surface area contributed by atoms with Gasteiger partial charge in [0.25, 0.3) is 0 Å². The summed E-state index contributed by atoms with van der Waals surface area (Å²) in [5.41, 5.74) is 1.76. The molecular weight excluding hydrogens is 290 g/mol. The van der Waals surface area contributed by atoms with Gasteiger partial charge in [-0.25, -0.2) is 0 Å². The number of ether oxygens (including phenoxy) is 1. The molecule has 0 aromatic heterocycles. The van der Waals surface area contributed by atoms with Crippen LogP contribution in [0, 0.1) is 5.92 Å². The molecule has 0 radical (unpaired) electrons. The first-order chi connectivity index (χ1) is 11.0. The van der Waals surface area contributed by atoms with Crippen molar-refractivity contribution < 1.29 is 15.1 Å². The molecule has 0 aliphatic heterocycles. The second-order valence-corrected chi connectivity index (χ2v) is 6.04. The van der Waals surface area contributed by atoms with Crippen molar-refractivity contribution in [3.63, 3.8) is 0 Å². The lowest BCUT2D eigenvalue weighted by Gasteiger charge is -2.33. The number of hydroxylamine groups is 2. The van der Waals surface area contributed by atoms with Crippen LogP contribution in [0.4, 0.5) is 0 Å². The summed E-state index contributed by atoms with van der Waals surface area (Å²) < 4.78 is 5.14. The van der Waals surface area contributed by atoms with E-state index in [0.29, 0.717) is 6.54 Å². The van der Waals surface area contributed by atoms with Crippen LogP contribution < -0.4 is 4.74 Å². The molecule has 0 saturated carbocycles. The zero-order valence-corrected chi connectivity index (χ0v) is 13.9. The highest BCUT2D eigenvalue weighted by molar-refractivity contribution is 5.29. The molecule has 0 fully saturated rings. The van der Waals surface area contributed by atoms with Gasteiger partial charge in [0.05, 0.1) is 19.3 Å². The van der Waals surface area contributed by atoms with Crippen molar-refractivity contribution in [1.29, 1.82) is 0 Å². The number of aliphatic hydroxyl groups excluding tert-OH is 1. The molecule has 2 rings (SSSR count). The molecule has 23 heavy (non-hydrogen) atoms. The molecule has 4 heteroatoms. The standard InChI is InChI=1S/C19H25NO3/c1-14(2)18(20(22)13-15-7-5-4-6-8-15)19(21)16-9-11-17(23-3)12-10-16/h4-12,14,18-19,21-22H,13H2,1-3H3/t18?,19-/m0/s1. The predicted octanol–water partition coefficient (Wildman–Crippen LogP) is 3.64. The lowest BCUT2D eigenvalue weighted by atomic mass is 9.92. The quantitative estimate of drug-likeness (QED) is 0.766. The van der Waals surface area contributed by atoms with Gasteiger partial charge < -0.3 is 15.1 Å². The minimum Gasteiger partial charge on any atom is -0.497 e. The summed E-state index contributed by atoms with van der Waals surface area (Å²) in [5, 5.41) is 22.5. The third-order valence-electron chi connectivity index (χ3n) is 4.00. The number of hydrogen-bond donors (Lipinski definition) is 2. The molecule has 0 saturated heterocycles. The van der Waals surface area contributed by atoms with Gasteiger partial charge in [-0.1, -0.05) is 56.3 Å². The fourth-order valence-corrected chi connectivity index (χ4v) is 2.75. The number of benzene rings is 2. The Bertz CT molecular complexity index is 583. The van der Waals surface area contributed by atoms with Gasteiger partial charge in [-0.15, -0.1) is 0 Å². The van der Waals surface area contributed by atoms with Gasteiger partial charge >= 0.3 is 0 Å². The van der Waals surface area contributed by atoms with Gasteiger partial charge in [0.1, 0.15) is 5.75 Å². The molecule has 124 valence electrons. The molecule has 2 atom stereocenters. The van der Waals surface area contributed by atoms with Gasteiger partial charge in [-0.2, -0.15) is 5.06 Å². The Morgan fingerprint density at radius 2 is 1.61 bits per heavy atom. The maximum atomic E-state index is 10.7. The van der Waals surface area contributed by atoms with E-state index in [2.05, 4.69) is 0 Å². The Balaban J connectivity index is 2.15. The molecule has 2 N–H and O–H groups in total. The van der Waals surface area contributed by atoms with Crippen LogP contribution >= 0.6 is 0 Å². The molecule has 0 aliphatic rings. The number of aliphatic hydroxyl groups is 1. The van der Waals surface area contributed by atoms with Crippen LogP contribution in [0.5, 0.6) is 5.75 Å². The highest BCUT2D eigenvalue weighted by Gasteiger charge is 2.29. The van der Waals surface area contributed by atoms with Crippen LogP contribution in [0.15, 0.2) is 54.6 Å². The first kappa shape index (κ1) is 17.5. The van der Waals surface area contributed by atoms with Crippen molar-refractivity contribution in [2.45, 2.75) is 32.5 Å². The average Bonchev–Trinajstić information content (AvgIpc) is 2.55. The molecule has 0 aliphatic carbocycles. The van der Waals surface area contributed by atoms with E-state index in [0.717, 1.165) is 16.9 Å². The van der Waals surface area contributed by atoms with Crippen molar-refractivity contribution in [2.24, 2.45) is 5.92 Å². The minimum absolute atomic E-state index is 0.0841. The molecule has 0 heterocycles. The highest BCUT2D eigenvalue weighted by atomic mass is 16.5. The van der Waals surface area contributed by atoms with Crippen LogP contribution in [0.2, 0.25) is 0 Å². The van der Waals surface area contributed by atoms with Crippen molar-refractivity contribution in [1.82, 2.24) is 5.06 Å². The summed E-state index contributed by atoms with van der Waals surface area (Å²) >= 11 is 0. The largest absolute Gasteiger partial charge is 0.497 e. The maximum Gasteiger partial charge on any atom is 0.118 e. The minimum atomic E-state index is -0.783. The van der Waals surface area contributed by atoms with Gasteiger partial charge in [-0.3, -0.25) is 0 Å². The monoisotopic (exact) mass is 315 g/mol. The summed E-state index contributed by atoms with van der Waals surface area (Å²) in [6, 6.07) is 16.6. The Hall–Kier alpha value is -1.88. The predicted molar refractivity (Wildman–Crippen MR) is 90.4 cm³/mol. The van der Waals surface area contributed by atoms with E-state index in [1.54, 1.807) is 7.11 Å². The van der Waals surface area contributed by atoms with Crippen molar-refractivity contribution in [3.8, 4) is 5.75 Å². The van der Waals surface area contributed by atoms with Gasteiger partial charge in [0, 0.05) is 6.54 Å². The third-order valence-corrected chi connectivity index (χ3v) is 4.00. The Morgan fingerprint density at radius 1 is 1.00 bits per heavy atom. The molecule has 0 bridgehead atoms. The Morgan fingerprint density at radius 3 is 2.13 bits per heavy atom. The zero-order valence-electron chi connectivity index (χ0n) is 13.9. The number of nitrogens with zero attached hydrogens (tertiary/aromatic N) is 1. The average molecular weight is 315 g/mol. The zero-order chi connectivity index (χ0) is 16.8. The molecule has 1 unspecified atom stereocenters. The fraction of sp³-hybridized carbons (Fsp3) is 0.368. The van der Waals surface area contributed by atoms with Crippen molar-refractivity contribution in [3.05, 3.63) is 65.7 Å². The van der Waals surface area contributed by atoms with Crippen LogP contribution in [-0.4, -0.2) is 28.5 Å². The van der Waals surface area contributed by atoms with Crippen molar-refractivity contribution in [2.75, 3.05) is 7.11 Å². The van der Waals surface area contributed by atoms with E-state index < -0.39 is 12.1 Å². The van der Waals surface area contributed by atoms with E-state index in [4.69, 9.17) is 4.74 Å². The maximum absolute atomic E-state index is 10.7. The molecule has 2 aromatic rings. The fourth-order valence-electron chi connectivity index (χ4n) is 2.75. The SMILES string of the molecule is COc1ccc([C@H](O)C(C(C)C)N(O)Cc2ccccc2)cc1. The first-order valence-electron chi connectivity index (χ1n) is 7.84. The lowest BCUT2D eigenvalue weighted by Crippen LogP contribution is -2.40. The van der Waals surface area contributed by atoms with E-state index >= 15 is 0 Å². The summed E-state index contributed by atoms with van der Waals surface area (Å²) in [6.45, 7) is 4.36. The summed E-state index contributed by atoms with van der Waals surface area (Å²) in [7, 11) is 1.61. The van der Waals surface area contributed by atoms with Crippen molar-refractivity contribution >= 4 is 0 Å². The molecule has 0 amide bonds. The Kier molecular flexibility index (Phi) is 6.16. The van der Waals surface area contributed by atoms with E-state index in [1.807, 2.05) is 68.4 Å². The van der Waals surface area contributed by atoms with Gasteiger partial charge in [0.2, 0.25) is 0 Å². The second kappa shape index (κ2) is 8.11. The molecule has 2 aromatic carbocycles. The summed E-state index contributed by atoms with van der Waals surface area (Å²) in [6.07, 6.45) is -0.783. The Labute approximate surface area is 137 Å². The number of rotatable bonds is 7. The highest BCUT2D eigenvalue weighted by Crippen LogP contribution is 2.28. The number of hydrogen-bond acceptors (Lipinski definition) is 4.